The fourth-order valence-corrected chi connectivity index (χ4v) is 3.12. The number of rotatable bonds is 9. The zero-order valence-electron chi connectivity index (χ0n) is 17.4. The molecule has 0 unspecified atom stereocenters. The van der Waals surface area contributed by atoms with Crippen molar-refractivity contribution < 1.29 is 23.5 Å². The van der Waals surface area contributed by atoms with E-state index in [0.29, 0.717) is 5.69 Å². The second kappa shape index (κ2) is 10.9. The van der Waals surface area contributed by atoms with Gasteiger partial charge in [0.25, 0.3) is 5.91 Å². The number of esters is 1. The lowest BCUT2D eigenvalue weighted by Crippen LogP contribution is -2.37. The molecule has 3 rings (SSSR count). The molecule has 2 N–H and O–H groups in total. The molecule has 0 aliphatic rings. The molecule has 0 spiro atoms. The normalized spacial score (nSPS) is 10.4. The summed E-state index contributed by atoms with van der Waals surface area (Å²) in [4.78, 5) is 37.2. The van der Waals surface area contributed by atoms with E-state index in [9.17, 15) is 18.8 Å². The van der Waals surface area contributed by atoms with Crippen molar-refractivity contribution >= 4 is 23.5 Å². The van der Waals surface area contributed by atoms with Gasteiger partial charge in [0.15, 0.2) is 6.61 Å². The number of halogens is 1. The van der Waals surface area contributed by atoms with Gasteiger partial charge in [0, 0.05) is 18.7 Å². The lowest BCUT2D eigenvalue weighted by atomic mass is 10.0. The molecule has 32 heavy (non-hydrogen) atoms. The summed E-state index contributed by atoms with van der Waals surface area (Å²) in [7, 11) is 0. The number of hydrogen-bond donors (Lipinski definition) is 1. The number of amides is 2. The summed E-state index contributed by atoms with van der Waals surface area (Å²) in [5.74, 6) is -2.13. The first-order valence-corrected chi connectivity index (χ1v) is 10.1. The smallest absolute Gasteiger partial charge is 0.310 e. The molecule has 0 heterocycles. The Morgan fingerprint density at radius 2 is 1.47 bits per heavy atom. The number of anilines is 1. The van der Waals surface area contributed by atoms with Gasteiger partial charge >= 0.3 is 5.97 Å². The van der Waals surface area contributed by atoms with Crippen molar-refractivity contribution in [1.82, 2.24) is 0 Å². The van der Waals surface area contributed by atoms with Crippen molar-refractivity contribution in [3.63, 3.8) is 0 Å². The number of carbonyl (C=O) groups is 3. The lowest BCUT2D eigenvalue weighted by molar-refractivity contribution is -0.147. The minimum Gasteiger partial charge on any atom is -0.455 e. The van der Waals surface area contributed by atoms with Crippen LogP contribution in [0.3, 0.4) is 0 Å². The van der Waals surface area contributed by atoms with E-state index < -0.39 is 30.2 Å². The Bertz CT molecular complexity index is 1070. The van der Waals surface area contributed by atoms with Crippen molar-refractivity contribution in [1.29, 1.82) is 0 Å². The van der Waals surface area contributed by atoms with E-state index in [4.69, 9.17) is 10.5 Å². The van der Waals surface area contributed by atoms with E-state index >= 15 is 0 Å². The van der Waals surface area contributed by atoms with Crippen molar-refractivity contribution in [2.24, 2.45) is 5.73 Å². The fourth-order valence-electron chi connectivity index (χ4n) is 3.12. The van der Waals surface area contributed by atoms with E-state index in [2.05, 4.69) is 0 Å². The van der Waals surface area contributed by atoms with Gasteiger partial charge in [0.2, 0.25) is 5.91 Å². The Morgan fingerprint density at radius 1 is 0.844 bits per heavy atom. The molecule has 0 aliphatic carbocycles. The number of nitrogens with zero attached hydrogens (tertiary/aromatic N) is 1. The van der Waals surface area contributed by atoms with Crippen molar-refractivity contribution in [3.05, 3.63) is 90.2 Å². The Balaban J connectivity index is 1.57. The van der Waals surface area contributed by atoms with Crippen LogP contribution in [0.4, 0.5) is 10.1 Å². The molecule has 0 saturated heterocycles. The zero-order chi connectivity index (χ0) is 22.9. The van der Waals surface area contributed by atoms with Crippen LogP contribution in [-0.4, -0.2) is 30.9 Å². The number of primary amides is 1. The Labute approximate surface area is 185 Å². The molecule has 0 atom stereocenters. The number of hydrogen-bond acceptors (Lipinski definition) is 4. The monoisotopic (exact) mass is 434 g/mol. The third kappa shape index (κ3) is 6.50. The maximum atomic E-state index is 13.2. The Kier molecular flexibility index (Phi) is 7.70. The van der Waals surface area contributed by atoms with E-state index in [-0.39, 0.29) is 19.4 Å². The summed E-state index contributed by atoms with van der Waals surface area (Å²) in [6.45, 7) is -0.505. The first kappa shape index (κ1) is 22.7. The largest absolute Gasteiger partial charge is 0.455 e. The molecule has 0 aromatic heterocycles. The van der Waals surface area contributed by atoms with Crippen molar-refractivity contribution in [2.75, 3.05) is 18.1 Å². The summed E-state index contributed by atoms with van der Waals surface area (Å²) >= 11 is 0. The van der Waals surface area contributed by atoms with Crippen LogP contribution in [-0.2, 0) is 25.5 Å². The number of carbonyl (C=O) groups excluding carboxylic acids is 3. The van der Waals surface area contributed by atoms with Gasteiger partial charge in [-0.15, -0.1) is 0 Å². The van der Waals surface area contributed by atoms with Gasteiger partial charge < -0.3 is 15.4 Å². The van der Waals surface area contributed by atoms with Crippen molar-refractivity contribution in [3.8, 4) is 11.1 Å². The molecule has 164 valence electrons. The Morgan fingerprint density at radius 3 is 2.09 bits per heavy atom. The van der Waals surface area contributed by atoms with E-state index in [0.717, 1.165) is 16.7 Å². The quantitative estimate of drug-likeness (QED) is 0.522. The standard InChI is InChI=1S/C25H23FN2O4/c26-21-10-12-22(13-11-21)28(15-14-23(27)29)24(30)17-32-25(31)16-18-6-8-20(9-7-18)19-4-2-1-3-5-19/h1-13H,14-17H2,(H2,27,29). The van der Waals surface area contributed by atoms with Gasteiger partial charge in [-0.25, -0.2) is 4.39 Å². The molecule has 0 fully saturated rings. The van der Waals surface area contributed by atoms with Crippen LogP contribution in [0, 0.1) is 5.82 Å². The predicted molar refractivity (Wildman–Crippen MR) is 119 cm³/mol. The van der Waals surface area contributed by atoms with Crippen LogP contribution in [0.25, 0.3) is 11.1 Å². The SMILES string of the molecule is NC(=O)CCN(C(=O)COC(=O)Cc1ccc(-c2ccccc2)cc1)c1ccc(F)cc1. The molecule has 0 saturated carbocycles. The molecule has 7 heteroatoms. The highest BCUT2D eigenvalue weighted by Gasteiger charge is 2.19. The molecular formula is C25H23FN2O4. The van der Waals surface area contributed by atoms with Crippen LogP contribution in [0.15, 0.2) is 78.9 Å². The Hall–Kier alpha value is -4.00. The second-order valence-corrected chi connectivity index (χ2v) is 7.14. The maximum absolute atomic E-state index is 13.2. The zero-order valence-corrected chi connectivity index (χ0v) is 17.4. The van der Waals surface area contributed by atoms with Gasteiger partial charge in [0.05, 0.1) is 6.42 Å². The third-order valence-corrected chi connectivity index (χ3v) is 4.79. The highest BCUT2D eigenvalue weighted by molar-refractivity contribution is 5.95. The van der Waals surface area contributed by atoms with E-state index in [1.807, 2.05) is 54.6 Å². The fraction of sp³-hybridized carbons (Fsp3) is 0.160. The highest BCUT2D eigenvalue weighted by Crippen LogP contribution is 2.20. The summed E-state index contributed by atoms with van der Waals surface area (Å²) in [5, 5.41) is 0. The maximum Gasteiger partial charge on any atom is 0.310 e. The molecule has 3 aromatic carbocycles. The second-order valence-electron chi connectivity index (χ2n) is 7.14. The average molecular weight is 434 g/mol. The molecule has 0 aliphatic heterocycles. The topological polar surface area (TPSA) is 89.7 Å². The van der Waals surface area contributed by atoms with Crippen LogP contribution in [0.2, 0.25) is 0 Å². The molecule has 0 bridgehead atoms. The highest BCUT2D eigenvalue weighted by atomic mass is 19.1. The number of benzene rings is 3. The van der Waals surface area contributed by atoms with Crippen LogP contribution in [0.1, 0.15) is 12.0 Å². The minimum absolute atomic E-state index is 0.00169. The first-order chi connectivity index (χ1) is 15.4. The van der Waals surface area contributed by atoms with Gasteiger partial charge in [-0.1, -0.05) is 54.6 Å². The van der Waals surface area contributed by atoms with Gasteiger partial charge in [-0.2, -0.15) is 0 Å². The lowest BCUT2D eigenvalue weighted by Gasteiger charge is -2.22. The predicted octanol–water partition coefficient (Wildman–Crippen LogP) is 3.49. The van der Waals surface area contributed by atoms with Crippen LogP contribution >= 0.6 is 0 Å². The number of nitrogens with two attached hydrogens (primary N) is 1. The molecule has 6 nitrogen and oxygen atoms in total. The first-order valence-electron chi connectivity index (χ1n) is 10.1. The average Bonchev–Trinajstić information content (AvgIpc) is 2.80. The van der Waals surface area contributed by atoms with Gasteiger partial charge in [-0.3, -0.25) is 14.4 Å². The van der Waals surface area contributed by atoms with Gasteiger partial charge in [-0.05, 0) is 41.0 Å². The molecular weight excluding hydrogens is 411 g/mol. The van der Waals surface area contributed by atoms with Gasteiger partial charge in [0.1, 0.15) is 5.82 Å². The summed E-state index contributed by atoms with van der Waals surface area (Å²) in [6.07, 6.45) is -0.0645. The molecule has 3 aromatic rings. The van der Waals surface area contributed by atoms with E-state index in [1.54, 1.807) is 0 Å². The number of ether oxygens (including phenoxy) is 1. The summed E-state index contributed by atoms with van der Waals surface area (Å²) < 4.78 is 18.3. The molecule has 0 radical (unpaired) electrons. The van der Waals surface area contributed by atoms with Crippen molar-refractivity contribution in [2.45, 2.75) is 12.8 Å². The summed E-state index contributed by atoms with van der Waals surface area (Å²) in [5.41, 5.74) is 8.42. The minimum atomic E-state index is -0.583. The molecule has 2 amide bonds. The summed E-state index contributed by atoms with van der Waals surface area (Å²) in [6, 6.07) is 22.6. The van der Waals surface area contributed by atoms with Crippen LogP contribution in [0.5, 0.6) is 0 Å². The third-order valence-electron chi connectivity index (χ3n) is 4.79. The van der Waals surface area contributed by atoms with Crippen LogP contribution < -0.4 is 10.6 Å². The van der Waals surface area contributed by atoms with E-state index in [1.165, 1.54) is 29.2 Å².